The number of aliphatic carboxylic acids is 1. The van der Waals surface area contributed by atoms with E-state index in [9.17, 15) is 39.2 Å². The molecule has 0 aromatic rings. The molecule has 0 bridgehead atoms. The van der Waals surface area contributed by atoms with Gasteiger partial charge < -0.3 is 40.5 Å². The number of carbonyl (C=O) groups excluding carboxylic acids is 2. The minimum Gasteiger partial charge on any atom is -0.480 e. The van der Waals surface area contributed by atoms with Crippen molar-refractivity contribution in [3.05, 3.63) is 60.8 Å². The number of phosphoric ester groups is 1. The van der Waals surface area contributed by atoms with Gasteiger partial charge in [0.1, 0.15) is 12.6 Å². The molecule has 0 rings (SSSR count). The number of rotatable bonds is 37. The summed E-state index contributed by atoms with van der Waals surface area (Å²) in [6, 6.07) is -1.57. The van der Waals surface area contributed by atoms with Gasteiger partial charge in [0.05, 0.1) is 31.5 Å². The van der Waals surface area contributed by atoms with Crippen LogP contribution in [0.25, 0.3) is 0 Å². The third-order valence-corrected chi connectivity index (χ3v) is 9.56. The van der Waals surface area contributed by atoms with Crippen molar-refractivity contribution >= 4 is 25.7 Å². The van der Waals surface area contributed by atoms with Gasteiger partial charge >= 0.3 is 25.7 Å². The molecule has 0 aliphatic rings. The van der Waals surface area contributed by atoms with Crippen molar-refractivity contribution in [3.63, 3.8) is 0 Å². The van der Waals surface area contributed by atoms with Crippen LogP contribution in [-0.2, 0) is 37.5 Å². The second-order valence-electron chi connectivity index (χ2n) is 14.0. The van der Waals surface area contributed by atoms with E-state index >= 15 is 0 Å². The van der Waals surface area contributed by atoms with Crippen LogP contribution in [0, 0.1) is 0 Å². The minimum atomic E-state index is -4.80. The standard InChI is InChI=1S/C42H72NO13P/c1-3-5-7-8-9-10-11-12-13-14-15-20-24-30-41(48)56-36(33-54-57(51,52)55-34-37(43)42(49)50)32-53-40(47)31-25-29-39(46)38(45)28-23-19-17-16-18-22-27-35(44)26-21-6-4-2/h10-11,16-19,22-23,27-28,35-39,44-46H,3-9,12-15,20-21,24-26,29-34,43H2,1-2H3,(H,49,50)(H,51,52)/b11-10-,18-16-,19-17+,27-22+,28-23+/t35-,36-,37+,38-,39-/m1/s1. The lowest BCUT2D eigenvalue weighted by atomic mass is 10.1. The predicted molar refractivity (Wildman–Crippen MR) is 221 cm³/mol. The molecule has 328 valence electrons. The SMILES string of the molecule is CCCCCC/C=C\CCCCCCCC(=O)O[C@H](COC(=O)CCC[C@@H](O)[C@H](O)/C=C/C=C/C=C\C=C\[C@H](O)CCCCC)COP(=O)(O)OC[C@H](N)C(=O)O. The van der Waals surface area contributed by atoms with Crippen LogP contribution in [0.1, 0.15) is 136 Å². The number of nitrogens with two attached hydrogens (primary N) is 1. The van der Waals surface area contributed by atoms with Crippen LogP contribution in [0.5, 0.6) is 0 Å². The van der Waals surface area contributed by atoms with Gasteiger partial charge in [-0.3, -0.25) is 23.4 Å². The Balaban J connectivity index is 4.75. The van der Waals surface area contributed by atoms with Crippen LogP contribution >= 0.6 is 7.82 Å². The van der Waals surface area contributed by atoms with Crippen molar-refractivity contribution in [1.82, 2.24) is 0 Å². The maximum absolute atomic E-state index is 12.6. The number of hydrogen-bond acceptors (Lipinski definition) is 12. The summed E-state index contributed by atoms with van der Waals surface area (Å²) >= 11 is 0. The molecule has 6 atom stereocenters. The highest BCUT2D eigenvalue weighted by molar-refractivity contribution is 7.47. The number of hydrogen-bond donors (Lipinski definition) is 6. The van der Waals surface area contributed by atoms with E-state index in [2.05, 4.69) is 30.5 Å². The fourth-order valence-corrected chi connectivity index (χ4v) is 5.93. The molecular weight excluding hydrogens is 757 g/mol. The average molecular weight is 830 g/mol. The predicted octanol–water partition coefficient (Wildman–Crippen LogP) is 7.30. The third-order valence-electron chi connectivity index (χ3n) is 8.60. The quantitative estimate of drug-likeness (QED) is 0.0119. The average Bonchev–Trinajstić information content (AvgIpc) is 3.17. The number of allylic oxidation sites excluding steroid dienone is 8. The summed E-state index contributed by atoms with van der Waals surface area (Å²) in [5.74, 6) is -2.77. The topological polar surface area (TPSA) is 232 Å². The Kier molecular flexibility index (Phi) is 34.3. The Labute approximate surface area is 340 Å². The molecule has 0 fully saturated rings. The highest BCUT2D eigenvalue weighted by atomic mass is 31.2. The lowest BCUT2D eigenvalue weighted by molar-refractivity contribution is -0.161. The van der Waals surface area contributed by atoms with E-state index in [4.69, 9.17) is 24.8 Å². The van der Waals surface area contributed by atoms with Gasteiger partial charge in [-0.25, -0.2) is 4.57 Å². The summed E-state index contributed by atoms with van der Waals surface area (Å²) in [6.07, 6.45) is 29.5. The molecule has 0 aromatic carbocycles. The van der Waals surface area contributed by atoms with Crippen molar-refractivity contribution in [2.75, 3.05) is 19.8 Å². The second-order valence-corrected chi connectivity index (χ2v) is 15.4. The zero-order valence-corrected chi connectivity index (χ0v) is 35.1. The van der Waals surface area contributed by atoms with Crippen LogP contribution in [0.3, 0.4) is 0 Å². The van der Waals surface area contributed by atoms with Gasteiger partial charge in [-0.2, -0.15) is 0 Å². The number of esters is 2. The van der Waals surface area contributed by atoms with Crippen LogP contribution in [-0.4, -0.2) is 93.5 Å². The van der Waals surface area contributed by atoms with Gasteiger partial charge in [0.15, 0.2) is 6.10 Å². The Morgan fingerprint density at radius 2 is 1.19 bits per heavy atom. The Bertz CT molecular complexity index is 1250. The first-order valence-corrected chi connectivity index (χ1v) is 22.1. The largest absolute Gasteiger partial charge is 0.480 e. The van der Waals surface area contributed by atoms with E-state index in [1.807, 2.05) is 0 Å². The molecule has 0 aromatic heterocycles. The molecule has 0 aliphatic heterocycles. The van der Waals surface area contributed by atoms with E-state index < -0.39 is 76.0 Å². The second kappa shape index (κ2) is 36.2. The summed E-state index contributed by atoms with van der Waals surface area (Å²) in [5, 5.41) is 39.3. The van der Waals surface area contributed by atoms with E-state index in [0.29, 0.717) is 6.42 Å². The fraction of sp³-hybridized carbons (Fsp3) is 0.690. The van der Waals surface area contributed by atoms with E-state index in [-0.39, 0.29) is 25.7 Å². The molecule has 0 amide bonds. The minimum absolute atomic E-state index is 0.0750. The van der Waals surface area contributed by atoms with Crippen molar-refractivity contribution in [1.29, 1.82) is 0 Å². The Morgan fingerprint density at radius 3 is 1.84 bits per heavy atom. The van der Waals surface area contributed by atoms with E-state index in [1.54, 1.807) is 42.5 Å². The summed E-state index contributed by atoms with van der Waals surface area (Å²) in [7, 11) is -4.80. The highest BCUT2D eigenvalue weighted by Crippen LogP contribution is 2.43. The lowest BCUT2D eigenvalue weighted by Gasteiger charge is -2.20. The van der Waals surface area contributed by atoms with E-state index in [1.165, 1.54) is 31.8 Å². The molecule has 0 aliphatic carbocycles. The molecule has 0 heterocycles. The summed E-state index contributed by atoms with van der Waals surface area (Å²) in [5.41, 5.74) is 5.30. The molecule has 15 heteroatoms. The van der Waals surface area contributed by atoms with Crippen molar-refractivity contribution in [3.8, 4) is 0 Å². The number of phosphoric acid groups is 1. The van der Waals surface area contributed by atoms with Gasteiger partial charge in [-0.1, -0.05) is 132 Å². The van der Waals surface area contributed by atoms with Crippen molar-refractivity contribution in [2.45, 2.75) is 166 Å². The monoisotopic (exact) mass is 829 g/mol. The fourth-order valence-electron chi connectivity index (χ4n) is 5.15. The normalized spacial score (nSPS) is 16.1. The van der Waals surface area contributed by atoms with Gasteiger partial charge in [0, 0.05) is 12.8 Å². The number of aliphatic hydroxyl groups excluding tert-OH is 3. The van der Waals surface area contributed by atoms with Gasteiger partial charge in [0.2, 0.25) is 0 Å². The lowest BCUT2D eigenvalue weighted by Crippen LogP contribution is -2.34. The van der Waals surface area contributed by atoms with Gasteiger partial charge in [-0.05, 0) is 51.4 Å². The third kappa shape index (κ3) is 34.8. The molecule has 0 saturated heterocycles. The maximum atomic E-state index is 12.6. The van der Waals surface area contributed by atoms with Gasteiger partial charge in [-0.15, -0.1) is 0 Å². The first kappa shape index (κ1) is 54.1. The number of ether oxygens (including phenoxy) is 2. The molecule has 0 saturated carbocycles. The first-order chi connectivity index (χ1) is 27.3. The number of carbonyl (C=O) groups is 3. The Morgan fingerprint density at radius 1 is 0.649 bits per heavy atom. The van der Waals surface area contributed by atoms with Crippen LogP contribution in [0.15, 0.2) is 60.8 Å². The number of unbranched alkanes of at least 4 members (excludes halogenated alkanes) is 11. The number of aliphatic hydroxyl groups is 3. The molecule has 0 spiro atoms. The molecule has 14 nitrogen and oxygen atoms in total. The van der Waals surface area contributed by atoms with Gasteiger partial charge in [0.25, 0.3) is 0 Å². The number of carboxylic acids is 1. The highest BCUT2D eigenvalue weighted by Gasteiger charge is 2.28. The van der Waals surface area contributed by atoms with Crippen LogP contribution in [0.4, 0.5) is 0 Å². The Hall–Kier alpha value is -2.94. The molecule has 7 N–H and O–H groups in total. The summed E-state index contributed by atoms with van der Waals surface area (Å²) < 4.78 is 32.4. The summed E-state index contributed by atoms with van der Waals surface area (Å²) in [6.45, 7) is 2.30. The molecule has 1 unspecified atom stereocenters. The first-order valence-electron chi connectivity index (χ1n) is 20.6. The number of carboxylic acid groups (broad SMARTS) is 1. The zero-order valence-electron chi connectivity index (χ0n) is 34.2. The molecule has 0 radical (unpaired) electrons. The molecule has 57 heavy (non-hydrogen) atoms. The van der Waals surface area contributed by atoms with Crippen LogP contribution in [0.2, 0.25) is 0 Å². The maximum Gasteiger partial charge on any atom is 0.472 e. The zero-order chi connectivity index (χ0) is 42.6. The van der Waals surface area contributed by atoms with Crippen molar-refractivity contribution in [2.24, 2.45) is 5.73 Å². The smallest absolute Gasteiger partial charge is 0.472 e. The van der Waals surface area contributed by atoms with Crippen LogP contribution < -0.4 is 5.73 Å². The van der Waals surface area contributed by atoms with Crippen molar-refractivity contribution < 1.29 is 62.8 Å². The molecular formula is C42H72NO13P. The summed E-state index contributed by atoms with van der Waals surface area (Å²) in [4.78, 5) is 45.9. The van der Waals surface area contributed by atoms with E-state index in [0.717, 1.165) is 64.2 Å².